The van der Waals surface area contributed by atoms with E-state index in [1.54, 1.807) is 13.8 Å². The largest absolute Gasteiger partial charge is 0.481 e. The highest BCUT2D eigenvalue weighted by molar-refractivity contribution is 5.86. The normalized spacial score (nSPS) is 11.9. The number of hydrogen-bond donors (Lipinski definition) is 1. The molecule has 1 heterocycles. The second kappa shape index (κ2) is 3.37. The van der Waals surface area contributed by atoms with Crippen LogP contribution in [0.4, 0.5) is 0 Å². The van der Waals surface area contributed by atoms with Crippen LogP contribution in [0.2, 0.25) is 0 Å². The molecule has 1 aromatic heterocycles. The number of hydrogen-bond acceptors (Lipinski definition) is 1. The smallest absolute Gasteiger partial charge is 0.315 e. The van der Waals surface area contributed by atoms with E-state index in [4.69, 9.17) is 0 Å². The Kier molecular flexibility index (Phi) is 2.26. The minimum Gasteiger partial charge on any atom is -0.481 e. The van der Waals surface area contributed by atoms with Crippen molar-refractivity contribution in [1.29, 1.82) is 0 Å². The number of aromatic nitrogens is 1. The van der Waals surface area contributed by atoms with E-state index >= 15 is 0 Å². The van der Waals surface area contributed by atoms with Crippen molar-refractivity contribution in [2.24, 2.45) is 7.05 Å². The van der Waals surface area contributed by atoms with Gasteiger partial charge in [0, 0.05) is 18.3 Å². The zero-order chi connectivity index (χ0) is 11.9. The van der Waals surface area contributed by atoms with Crippen LogP contribution >= 0.6 is 0 Å². The van der Waals surface area contributed by atoms with Gasteiger partial charge in [0.25, 0.3) is 0 Å². The molecule has 2 aromatic rings. The van der Waals surface area contributed by atoms with E-state index in [9.17, 15) is 9.90 Å². The molecule has 0 saturated heterocycles. The van der Waals surface area contributed by atoms with Crippen LogP contribution in [-0.4, -0.2) is 15.6 Å². The minimum atomic E-state index is -0.867. The molecular weight excluding hydrogens is 202 g/mol. The van der Waals surface area contributed by atoms with Gasteiger partial charge in [-0.1, -0.05) is 18.2 Å². The first-order valence-corrected chi connectivity index (χ1v) is 5.23. The number of nitrogens with zero attached hydrogens (tertiary/aromatic N) is 1. The Bertz CT molecular complexity index is 552. The molecule has 1 aromatic carbocycles. The van der Waals surface area contributed by atoms with Crippen molar-refractivity contribution in [2.75, 3.05) is 0 Å². The monoisotopic (exact) mass is 217 g/mol. The van der Waals surface area contributed by atoms with Gasteiger partial charge in [-0.15, -0.1) is 0 Å². The van der Waals surface area contributed by atoms with Gasteiger partial charge in [0.15, 0.2) is 0 Å². The predicted molar refractivity (Wildman–Crippen MR) is 63.6 cm³/mol. The van der Waals surface area contributed by atoms with Crippen molar-refractivity contribution >= 4 is 16.9 Å². The van der Waals surface area contributed by atoms with Gasteiger partial charge >= 0.3 is 5.97 Å². The molecule has 0 saturated carbocycles. The Labute approximate surface area is 94.3 Å². The second-order valence-electron chi connectivity index (χ2n) is 4.58. The van der Waals surface area contributed by atoms with Gasteiger partial charge in [-0.2, -0.15) is 0 Å². The molecule has 16 heavy (non-hydrogen) atoms. The lowest BCUT2D eigenvalue weighted by Gasteiger charge is -2.20. The Morgan fingerprint density at radius 2 is 1.94 bits per heavy atom. The van der Waals surface area contributed by atoms with Gasteiger partial charge < -0.3 is 9.67 Å². The highest BCUT2D eigenvalue weighted by Crippen LogP contribution is 2.28. The van der Waals surface area contributed by atoms with Crippen LogP contribution in [0.3, 0.4) is 0 Å². The summed E-state index contributed by atoms with van der Waals surface area (Å²) in [4.78, 5) is 11.2. The van der Waals surface area contributed by atoms with E-state index in [2.05, 4.69) is 0 Å². The number of rotatable bonds is 2. The van der Waals surface area contributed by atoms with Crippen LogP contribution in [0.1, 0.15) is 19.5 Å². The van der Waals surface area contributed by atoms with Gasteiger partial charge in [-0.3, -0.25) is 4.79 Å². The van der Waals surface area contributed by atoms with Gasteiger partial charge in [0.1, 0.15) is 5.41 Å². The molecule has 3 nitrogen and oxygen atoms in total. The first-order valence-electron chi connectivity index (χ1n) is 5.23. The number of fused-ring (bicyclic) bond motifs is 1. The molecule has 0 bridgehead atoms. The number of benzene rings is 1. The molecule has 0 spiro atoms. The van der Waals surface area contributed by atoms with Crippen LogP contribution in [0, 0.1) is 0 Å². The fraction of sp³-hybridized carbons (Fsp3) is 0.308. The van der Waals surface area contributed by atoms with Gasteiger partial charge in [0.05, 0.1) is 0 Å². The van der Waals surface area contributed by atoms with Crippen molar-refractivity contribution in [3.05, 3.63) is 36.0 Å². The summed E-state index contributed by atoms with van der Waals surface area (Å²) in [6, 6.07) is 9.86. The highest BCUT2D eigenvalue weighted by atomic mass is 16.4. The summed E-state index contributed by atoms with van der Waals surface area (Å²) in [5, 5.41) is 10.3. The summed E-state index contributed by atoms with van der Waals surface area (Å²) in [5.74, 6) is -0.807. The summed E-state index contributed by atoms with van der Waals surface area (Å²) >= 11 is 0. The first-order chi connectivity index (χ1) is 7.44. The molecular formula is C13H15NO2. The van der Waals surface area contributed by atoms with Crippen molar-refractivity contribution in [3.63, 3.8) is 0 Å². The summed E-state index contributed by atoms with van der Waals surface area (Å²) in [7, 11) is 1.91. The van der Waals surface area contributed by atoms with E-state index in [0.29, 0.717) is 0 Å². The molecule has 0 atom stereocenters. The zero-order valence-corrected chi connectivity index (χ0v) is 9.69. The van der Waals surface area contributed by atoms with Crippen molar-refractivity contribution in [1.82, 2.24) is 4.57 Å². The van der Waals surface area contributed by atoms with Crippen LogP contribution in [0.15, 0.2) is 30.3 Å². The van der Waals surface area contributed by atoms with Gasteiger partial charge in [0.2, 0.25) is 0 Å². The molecule has 2 rings (SSSR count). The molecule has 0 aliphatic rings. The third kappa shape index (κ3) is 1.40. The SMILES string of the molecule is Cn1c(C(C)(C)C(=O)O)cc2ccccc21. The number of carboxylic acids is 1. The summed E-state index contributed by atoms with van der Waals surface area (Å²) in [5.41, 5.74) is 1.02. The van der Waals surface area contributed by atoms with E-state index < -0.39 is 11.4 Å². The fourth-order valence-electron chi connectivity index (χ4n) is 2.00. The zero-order valence-electron chi connectivity index (χ0n) is 9.69. The third-order valence-corrected chi connectivity index (χ3v) is 3.13. The topological polar surface area (TPSA) is 42.2 Å². The Morgan fingerprint density at radius 3 is 2.50 bits per heavy atom. The average Bonchev–Trinajstić information content (AvgIpc) is 2.57. The second-order valence-corrected chi connectivity index (χ2v) is 4.58. The highest BCUT2D eigenvalue weighted by Gasteiger charge is 2.32. The van der Waals surface area contributed by atoms with Gasteiger partial charge in [-0.25, -0.2) is 0 Å². The molecule has 0 radical (unpaired) electrons. The molecule has 1 N–H and O–H groups in total. The number of carbonyl (C=O) groups is 1. The van der Waals surface area contributed by atoms with E-state index in [1.165, 1.54) is 0 Å². The minimum absolute atomic E-state index is 0.807. The maximum atomic E-state index is 11.2. The van der Waals surface area contributed by atoms with Gasteiger partial charge in [-0.05, 0) is 31.4 Å². The lowest BCUT2D eigenvalue weighted by atomic mass is 9.89. The summed E-state index contributed by atoms with van der Waals surface area (Å²) in [6.45, 7) is 3.45. The molecule has 0 aliphatic carbocycles. The lowest BCUT2D eigenvalue weighted by Crippen LogP contribution is -2.30. The maximum absolute atomic E-state index is 11.2. The Morgan fingerprint density at radius 1 is 1.31 bits per heavy atom. The predicted octanol–water partition coefficient (Wildman–Crippen LogP) is 2.54. The van der Waals surface area contributed by atoms with Crippen LogP contribution < -0.4 is 0 Å². The lowest BCUT2D eigenvalue weighted by molar-refractivity contribution is -0.142. The molecule has 0 fully saturated rings. The van der Waals surface area contributed by atoms with Crippen molar-refractivity contribution < 1.29 is 9.90 Å². The molecule has 0 aliphatic heterocycles. The van der Waals surface area contributed by atoms with Crippen LogP contribution in [-0.2, 0) is 17.3 Å². The van der Waals surface area contributed by atoms with Crippen LogP contribution in [0.25, 0.3) is 10.9 Å². The average molecular weight is 217 g/mol. The Balaban J connectivity index is 2.71. The van der Waals surface area contributed by atoms with Crippen molar-refractivity contribution in [3.8, 4) is 0 Å². The maximum Gasteiger partial charge on any atom is 0.315 e. The van der Waals surface area contributed by atoms with Crippen molar-refractivity contribution in [2.45, 2.75) is 19.3 Å². The summed E-state index contributed by atoms with van der Waals surface area (Å²) in [6.07, 6.45) is 0. The fourth-order valence-corrected chi connectivity index (χ4v) is 2.00. The van der Waals surface area contributed by atoms with E-state index in [0.717, 1.165) is 16.6 Å². The number of aliphatic carboxylic acids is 1. The molecule has 0 amide bonds. The number of aryl methyl sites for hydroxylation is 1. The first kappa shape index (κ1) is 10.7. The standard InChI is InChI=1S/C13H15NO2/c1-13(2,12(15)16)11-8-9-6-4-5-7-10(9)14(11)3/h4-8H,1-3H3,(H,15,16). The molecule has 84 valence electrons. The number of carboxylic acid groups (broad SMARTS) is 1. The third-order valence-electron chi connectivity index (χ3n) is 3.13. The number of para-hydroxylation sites is 1. The molecule has 0 unspecified atom stereocenters. The molecule has 3 heteroatoms. The van der Waals surface area contributed by atoms with E-state index in [-0.39, 0.29) is 0 Å². The summed E-state index contributed by atoms with van der Waals surface area (Å²) < 4.78 is 1.95. The quantitative estimate of drug-likeness (QED) is 0.840. The van der Waals surface area contributed by atoms with Crippen LogP contribution in [0.5, 0.6) is 0 Å². The van der Waals surface area contributed by atoms with E-state index in [1.807, 2.05) is 41.9 Å². The Hall–Kier alpha value is -1.77.